The zero-order valence-corrected chi connectivity index (χ0v) is 17.9. The third-order valence-corrected chi connectivity index (χ3v) is 4.83. The third-order valence-electron chi connectivity index (χ3n) is 4.83. The quantitative estimate of drug-likeness (QED) is 0.513. The number of carbonyl (C=O) groups is 3. The van der Waals surface area contributed by atoms with Gasteiger partial charge >= 0.3 is 18.5 Å². The van der Waals surface area contributed by atoms with Crippen molar-refractivity contribution in [3.8, 4) is 11.5 Å². The number of imide groups is 1. The van der Waals surface area contributed by atoms with Crippen molar-refractivity contribution in [3.05, 3.63) is 78.6 Å². The molecule has 1 aromatic heterocycles. The van der Waals surface area contributed by atoms with Crippen LogP contribution in [0.25, 0.3) is 0 Å². The molecule has 0 atom stereocenters. The Bertz CT molecular complexity index is 1240. The maximum atomic E-state index is 12.9. The number of hydrogen-bond acceptors (Lipinski definition) is 6. The zero-order chi connectivity index (χ0) is 25.0. The highest BCUT2D eigenvalue weighted by atomic mass is 19.4. The fraction of sp³-hybridized carbons (Fsp3) is 0.130. The minimum absolute atomic E-state index is 0.0419. The summed E-state index contributed by atoms with van der Waals surface area (Å²) in [5.74, 6) is -0.711. The number of hydrogen-bond donors (Lipinski definition) is 1. The molecule has 35 heavy (non-hydrogen) atoms. The van der Waals surface area contributed by atoms with E-state index in [0.29, 0.717) is 11.3 Å². The Labute approximate surface area is 196 Å². The summed E-state index contributed by atoms with van der Waals surface area (Å²) < 4.78 is 46.1. The van der Waals surface area contributed by atoms with E-state index in [0.717, 1.165) is 17.0 Å². The molecule has 9 nitrogen and oxygen atoms in total. The molecule has 2 aromatic carbocycles. The number of carbonyl (C=O) groups excluding carboxylic acids is 3. The largest absolute Gasteiger partial charge is 0.573 e. The van der Waals surface area contributed by atoms with Crippen molar-refractivity contribution in [3.63, 3.8) is 0 Å². The van der Waals surface area contributed by atoms with Crippen LogP contribution in [0, 0.1) is 0 Å². The number of nitrogens with one attached hydrogen (secondary N) is 1. The molecular formula is C23H17F3N4O5. The smallest absolute Gasteiger partial charge is 0.410 e. The SMILES string of the molecule is O=C(Nc1cnccc1CN1CC(=O)N(c2ccc(OC(F)(F)F)cc2)C1=O)Oc1ccccc1. The maximum absolute atomic E-state index is 12.9. The lowest BCUT2D eigenvalue weighted by molar-refractivity contribution is -0.274. The van der Waals surface area contributed by atoms with Gasteiger partial charge in [0.15, 0.2) is 0 Å². The molecule has 0 saturated carbocycles. The highest BCUT2D eigenvalue weighted by Crippen LogP contribution is 2.28. The summed E-state index contributed by atoms with van der Waals surface area (Å²) >= 11 is 0. The Hall–Kier alpha value is -4.61. The number of rotatable bonds is 6. The lowest BCUT2D eigenvalue weighted by Crippen LogP contribution is -2.33. The first-order valence-electron chi connectivity index (χ1n) is 10.1. The van der Waals surface area contributed by atoms with Gasteiger partial charge < -0.3 is 14.4 Å². The molecule has 4 rings (SSSR count). The van der Waals surface area contributed by atoms with Crippen molar-refractivity contribution >= 4 is 29.4 Å². The second-order valence-corrected chi connectivity index (χ2v) is 7.27. The first-order chi connectivity index (χ1) is 16.7. The van der Waals surface area contributed by atoms with Crippen molar-refractivity contribution in [2.75, 3.05) is 16.8 Å². The van der Waals surface area contributed by atoms with E-state index in [-0.39, 0.29) is 24.5 Å². The molecule has 0 unspecified atom stereocenters. The van der Waals surface area contributed by atoms with Crippen molar-refractivity contribution in [1.29, 1.82) is 0 Å². The summed E-state index contributed by atoms with van der Waals surface area (Å²) in [4.78, 5) is 43.7. The standard InChI is InChI=1S/C23H17F3N4O5/c24-23(25,26)35-18-8-6-16(7-9-18)30-20(31)14-29(22(30)33)13-15-10-11-27-12-19(15)28-21(32)34-17-4-2-1-3-5-17/h1-12H,13-14H2,(H,28,32). The molecule has 180 valence electrons. The Balaban J connectivity index is 1.44. The third kappa shape index (κ3) is 5.85. The van der Waals surface area contributed by atoms with Crippen LogP contribution in [0.3, 0.4) is 0 Å². The van der Waals surface area contributed by atoms with Crippen LogP contribution in [-0.4, -0.2) is 40.8 Å². The summed E-state index contributed by atoms with van der Waals surface area (Å²) in [5, 5.41) is 2.56. The molecule has 4 amide bonds. The molecule has 3 aromatic rings. The number of pyridine rings is 1. The van der Waals surface area contributed by atoms with Gasteiger partial charge in [0.25, 0.3) is 5.91 Å². The fourth-order valence-electron chi connectivity index (χ4n) is 3.33. The van der Waals surface area contributed by atoms with Crippen LogP contribution in [0.15, 0.2) is 73.1 Å². The highest BCUT2D eigenvalue weighted by molar-refractivity contribution is 6.19. The average Bonchev–Trinajstić information content (AvgIpc) is 3.08. The number of para-hydroxylation sites is 1. The van der Waals surface area contributed by atoms with Crippen molar-refractivity contribution in [1.82, 2.24) is 9.88 Å². The summed E-state index contributed by atoms with van der Waals surface area (Å²) in [6.45, 7) is -0.310. The maximum Gasteiger partial charge on any atom is 0.573 e. The Morgan fingerprint density at radius 2 is 1.71 bits per heavy atom. The number of halogens is 3. The molecule has 1 aliphatic heterocycles. The van der Waals surface area contributed by atoms with Gasteiger partial charge in [0, 0.05) is 6.20 Å². The summed E-state index contributed by atoms with van der Waals surface area (Å²) in [6.07, 6.45) is -2.79. The number of benzene rings is 2. The van der Waals surface area contributed by atoms with Crippen LogP contribution in [0.1, 0.15) is 5.56 Å². The molecule has 1 saturated heterocycles. The number of amides is 4. The minimum Gasteiger partial charge on any atom is -0.410 e. The Kier molecular flexibility index (Phi) is 6.53. The van der Waals surface area contributed by atoms with Crippen molar-refractivity contribution in [2.45, 2.75) is 12.9 Å². The monoisotopic (exact) mass is 486 g/mol. The van der Waals surface area contributed by atoms with Crippen LogP contribution >= 0.6 is 0 Å². The van der Waals surface area contributed by atoms with E-state index in [1.54, 1.807) is 36.4 Å². The van der Waals surface area contributed by atoms with Crippen LogP contribution in [0.5, 0.6) is 11.5 Å². The second-order valence-electron chi connectivity index (χ2n) is 7.27. The van der Waals surface area contributed by atoms with Gasteiger partial charge in [0.05, 0.1) is 24.1 Å². The normalized spacial score (nSPS) is 13.7. The van der Waals surface area contributed by atoms with Gasteiger partial charge in [-0.3, -0.25) is 15.1 Å². The number of anilines is 2. The van der Waals surface area contributed by atoms with Crippen LogP contribution in [0.4, 0.5) is 34.1 Å². The molecule has 0 radical (unpaired) electrons. The molecule has 2 heterocycles. The molecule has 12 heteroatoms. The molecule has 0 bridgehead atoms. The Morgan fingerprint density at radius 3 is 2.40 bits per heavy atom. The van der Waals surface area contributed by atoms with E-state index in [2.05, 4.69) is 15.0 Å². The van der Waals surface area contributed by atoms with Crippen LogP contribution in [0.2, 0.25) is 0 Å². The molecule has 1 N–H and O–H groups in total. The van der Waals surface area contributed by atoms with E-state index in [9.17, 15) is 27.6 Å². The van der Waals surface area contributed by atoms with Gasteiger partial charge in [0.2, 0.25) is 0 Å². The highest BCUT2D eigenvalue weighted by Gasteiger charge is 2.37. The van der Waals surface area contributed by atoms with Gasteiger partial charge in [0.1, 0.15) is 18.0 Å². The number of alkyl halides is 3. The number of nitrogens with zero attached hydrogens (tertiary/aromatic N) is 3. The first-order valence-corrected chi connectivity index (χ1v) is 10.1. The van der Waals surface area contributed by atoms with Crippen molar-refractivity contribution in [2.24, 2.45) is 0 Å². The average molecular weight is 486 g/mol. The summed E-state index contributed by atoms with van der Waals surface area (Å²) in [5.41, 5.74) is 0.860. The second kappa shape index (κ2) is 9.71. The molecule has 1 aliphatic rings. The number of aromatic nitrogens is 1. The van der Waals surface area contributed by atoms with Gasteiger partial charge in [-0.1, -0.05) is 18.2 Å². The molecule has 1 fully saturated rings. The summed E-state index contributed by atoms with van der Waals surface area (Å²) in [6, 6.07) is 13.7. The Morgan fingerprint density at radius 1 is 1.00 bits per heavy atom. The first kappa shape index (κ1) is 23.5. The lowest BCUT2D eigenvalue weighted by atomic mass is 10.2. The van der Waals surface area contributed by atoms with E-state index >= 15 is 0 Å². The molecule has 0 spiro atoms. The van der Waals surface area contributed by atoms with E-state index in [1.165, 1.54) is 29.4 Å². The number of ether oxygens (including phenoxy) is 2. The van der Waals surface area contributed by atoms with Gasteiger partial charge in [-0.25, -0.2) is 14.5 Å². The lowest BCUT2D eigenvalue weighted by Gasteiger charge is -2.19. The zero-order valence-electron chi connectivity index (χ0n) is 17.9. The minimum atomic E-state index is -4.86. The van der Waals surface area contributed by atoms with E-state index in [1.807, 2.05) is 0 Å². The van der Waals surface area contributed by atoms with Gasteiger partial charge in [-0.15, -0.1) is 13.2 Å². The predicted octanol–water partition coefficient (Wildman–Crippen LogP) is 4.56. The molecule has 0 aliphatic carbocycles. The summed E-state index contributed by atoms with van der Waals surface area (Å²) in [7, 11) is 0. The van der Waals surface area contributed by atoms with Crippen LogP contribution < -0.4 is 19.7 Å². The predicted molar refractivity (Wildman–Crippen MR) is 117 cm³/mol. The number of urea groups is 1. The van der Waals surface area contributed by atoms with Gasteiger partial charge in [-0.05, 0) is 48.0 Å². The van der Waals surface area contributed by atoms with Gasteiger partial charge in [-0.2, -0.15) is 0 Å². The molecular weight excluding hydrogens is 469 g/mol. The van der Waals surface area contributed by atoms with Crippen molar-refractivity contribution < 1.29 is 37.0 Å². The van der Waals surface area contributed by atoms with Crippen LogP contribution in [-0.2, 0) is 11.3 Å². The van der Waals surface area contributed by atoms with E-state index < -0.39 is 30.1 Å². The topological polar surface area (TPSA) is 101 Å². The fourth-order valence-corrected chi connectivity index (χ4v) is 3.33. The van der Waals surface area contributed by atoms with E-state index in [4.69, 9.17) is 4.74 Å².